The zero-order chi connectivity index (χ0) is 18.8. The number of hydrogen-bond acceptors (Lipinski definition) is 5. The Labute approximate surface area is 165 Å². The highest BCUT2D eigenvalue weighted by atomic mass is 35.5. The van der Waals surface area contributed by atoms with Crippen LogP contribution in [0.1, 0.15) is 5.69 Å². The molecule has 4 aromatic rings. The van der Waals surface area contributed by atoms with Gasteiger partial charge in [-0.15, -0.1) is 5.10 Å². The molecule has 1 N–H and O–H groups in total. The molecular formula is C19H15Cl2N5O. The van der Waals surface area contributed by atoms with Gasteiger partial charge in [-0.05, 0) is 30.3 Å². The minimum Gasteiger partial charge on any atom is -0.494 e. The number of pyridine rings is 1. The molecule has 0 spiro atoms. The van der Waals surface area contributed by atoms with Crippen molar-refractivity contribution in [3.8, 4) is 11.4 Å². The lowest BCUT2D eigenvalue weighted by Crippen LogP contribution is -2.00. The van der Waals surface area contributed by atoms with E-state index in [1.54, 1.807) is 30.1 Å². The molecule has 0 aliphatic heterocycles. The van der Waals surface area contributed by atoms with E-state index in [-0.39, 0.29) is 0 Å². The molecule has 0 bridgehead atoms. The first kappa shape index (κ1) is 17.6. The molecule has 2 aromatic heterocycles. The van der Waals surface area contributed by atoms with Crippen molar-refractivity contribution < 1.29 is 4.74 Å². The van der Waals surface area contributed by atoms with E-state index in [2.05, 4.69) is 20.6 Å². The van der Waals surface area contributed by atoms with E-state index in [1.807, 2.05) is 36.5 Å². The minimum absolute atomic E-state index is 0.473. The van der Waals surface area contributed by atoms with E-state index in [0.717, 1.165) is 33.7 Å². The third kappa shape index (κ3) is 3.67. The molecule has 0 aliphatic rings. The molecule has 27 heavy (non-hydrogen) atoms. The molecule has 4 rings (SSSR count). The topological polar surface area (TPSA) is 64.9 Å². The normalized spacial score (nSPS) is 10.9. The maximum atomic E-state index is 6.07. The summed E-state index contributed by atoms with van der Waals surface area (Å²) in [7, 11) is 1.63. The van der Waals surface area contributed by atoms with Crippen molar-refractivity contribution in [2.45, 2.75) is 6.54 Å². The molecule has 8 heteroatoms. The summed E-state index contributed by atoms with van der Waals surface area (Å²) in [6.45, 7) is 0.510. The van der Waals surface area contributed by atoms with Crippen LogP contribution in [0, 0.1) is 0 Å². The number of anilines is 1. The van der Waals surface area contributed by atoms with Gasteiger partial charge in [0.05, 0.1) is 35.6 Å². The van der Waals surface area contributed by atoms with Crippen molar-refractivity contribution in [1.82, 2.24) is 20.0 Å². The summed E-state index contributed by atoms with van der Waals surface area (Å²) in [6.07, 6.45) is 3.59. The number of aromatic nitrogens is 4. The second-order valence-corrected chi connectivity index (χ2v) is 6.67. The third-order valence-corrected chi connectivity index (χ3v) is 4.81. The van der Waals surface area contributed by atoms with Crippen LogP contribution in [0.2, 0.25) is 10.0 Å². The molecule has 0 saturated carbocycles. The molecule has 0 aliphatic carbocycles. The van der Waals surface area contributed by atoms with Gasteiger partial charge in [0.2, 0.25) is 0 Å². The van der Waals surface area contributed by atoms with Crippen LogP contribution in [0.15, 0.2) is 54.9 Å². The fourth-order valence-electron chi connectivity index (χ4n) is 2.74. The van der Waals surface area contributed by atoms with Gasteiger partial charge in [-0.2, -0.15) is 0 Å². The first-order valence-electron chi connectivity index (χ1n) is 8.17. The van der Waals surface area contributed by atoms with Crippen LogP contribution in [-0.4, -0.2) is 27.1 Å². The van der Waals surface area contributed by atoms with Crippen LogP contribution in [0.5, 0.6) is 5.75 Å². The van der Waals surface area contributed by atoms with Crippen LogP contribution in [-0.2, 0) is 6.54 Å². The van der Waals surface area contributed by atoms with Gasteiger partial charge in [0, 0.05) is 23.3 Å². The van der Waals surface area contributed by atoms with Gasteiger partial charge in [0.1, 0.15) is 17.0 Å². The first-order valence-corrected chi connectivity index (χ1v) is 8.93. The van der Waals surface area contributed by atoms with Crippen molar-refractivity contribution in [3.63, 3.8) is 0 Å². The summed E-state index contributed by atoms with van der Waals surface area (Å²) in [6, 6.07) is 13.1. The summed E-state index contributed by atoms with van der Waals surface area (Å²) < 4.78 is 7.10. The highest BCUT2D eigenvalue weighted by Gasteiger charge is 2.08. The lowest BCUT2D eigenvalue weighted by atomic mass is 10.2. The lowest BCUT2D eigenvalue weighted by Gasteiger charge is -2.09. The average Bonchev–Trinajstić information content (AvgIpc) is 3.17. The van der Waals surface area contributed by atoms with Crippen LogP contribution in [0.4, 0.5) is 5.69 Å². The quantitative estimate of drug-likeness (QED) is 0.524. The Bertz CT molecular complexity index is 1110. The van der Waals surface area contributed by atoms with E-state index in [0.29, 0.717) is 16.6 Å². The summed E-state index contributed by atoms with van der Waals surface area (Å²) in [5.41, 5.74) is 3.32. The Morgan fingerprint density at radius 3 is 2.81 bits per heavy atom. The van der Waals surface area contributed by atoms with E-state index in [1.165, 1.54) is 0 Å². The maximum absolute atomic E-state index is 6.07. The zero-order valence-electron chi connectivity index (χ0n) is 14.4. The zero-order valence-corrected chi connectivity index (χ0v) is 15.9. The number of hydrogen-bond donors (Lipinski definition) is 1. The van der Waals surface area contributed by atoms with Crippen LogP contribution >= 0.6 is 23.2 Å². The fourth-order valence-corrected chi connectivity index (χ4v) is 3.03. The highest BCUT2D eigenvalue weighted by Crippen LogP contribution is 2.28. The number of ether oxygens (including phenoxy) is 1. The Kier molecular flexibility index (Phi) is 4.83. The van der Waals surface area contributed by atoms with Crippen molar-refractivity contribution >= 4 is 39.8 Å². The van der Waals surface area contributed by atoms with Gasteiger partial charge in [0.25, 0.3) is 0 Å². The first-order chi connectivity index (χ1) is 13.1. The number of rotatable bonds is 5. The summed E-state index contributed by atoms with van der Waals surface area (Å²) in [4.78, 5) is 4.36. The second kappa shape index (κ2) is 7.42. The van der Waals surface area contributed by atoms with Crippen molar-refractivity contribution in [2.75, 3.05) is 12.4 Å². The highest BCUT2D eigenvalue weighted by molar-refractivity contribution is 6.42. The standard InChI is InChI=1S/C19H15Cl2N5O/c1-27-18-8-13(7-12-3-2-6-22-19(12)18)23-10-14-11-26(25-24-14)15-4-5-16(20)17(21)9-15/h2-9,11,23H,10H2,1H3. The number of nitrogens with one attached hydrogen (secondary N) is 1. The minimum atomic E-state index is 0.473. The Hall–Kier alpha value is -2.83. The number of halogens is 2. The molecule has 0 amide bonds. The largest absolute Gasteiger partial charge is 0.494 e. The van der Waals surface area contributed by atoms with Crippen LogP contribution in [0.25, 0.3) is 16.6 Å². The molecule has 136 valence electrons. The third-order valence-electron chi connectivity index (χ3n) is 4.07. The molecule has 0 saturated heterocycles. The van der Waals surface area contributed by atoms with Gasteiger partial charge in [0.15, 0.2) is 0 Å². The van der Waals surface area contributed by atoms with E-state index >= 15 is 0 Å². The lowest BCUT2D eigenvalue weighted by molar-refractivity contribution is 0.419. The summed E-state index contributed by atoms with van der Waals surface area (Å²) >= 11 is 12.0. The number of fused-ring (bicyclic) bond motifs is 1. The SMILES string of the molecule is COc1cc(NCc2cn(-c3ccc(Cl)c(Cl)c3)nn2)cc2cccnc12. The van der Waals surface area contributed by atoms with E-state index in [9.17, 15) is 0 Å². The Morgan fingerprint density at radius 2 is 2.00 bits per heavy atom. The predicted octanol–water partition coefficient (Wildman–Crippen LogP) is 4.74. The smallest absolute Gasteiger partial charge is 0.147 e. The maximum Gasteiger partial charge on any atom is 0.147 e. The number of nitrogens with zero attached hydrogens (tertiary/aromatic N) is 4. The van der Waals surface area contributed by atoms with Crippen LogP contribution < -0.4 is 10.1 Å². The van der Waals surface area contributed by atoms with Crippen molar-refractivity contribution in [1.29, 1.82) is 0 Å². The van der Waals surface area contributed by atoms with E-state index in [4.69, 9.17) is 27.9 Å². The Morgan fingerprint density at radius 1 is 1.11 bits per heavy atom. The molecule has 2 aromatic carbocycles. The molecule has 0 atom stereocenters. The van der Waals surface area contributed by atoms with Crippen molar-refractivity contribution in [2.24, 2.45) is 0 Å². The molecule has 2 heterocycles. The molecular weight excluding hydrogens is 385 g/mol. The van der Waals surface area contributed by atoms with Gasteiger partial charge >= 0.3 is 0 Å². The molecule has 0 radical (unpaired) electrons. The average molecular weight is 400 g/mol. The summed E-state index contributed by atoms with van der Waals surface area (Å²) in [5.74, 6) is 0.718. The number of benzene rings is 2. The van der Waals surface area contributed by atoms with Crippen molar-refractivity contribution in [3.05, 3.63) is 70.6 Å². The van der Waals surface area contributed by atoms with Crippen LogP contribution in [0.3, 0.4) is 0 Å². The Balaban J connectivity index is 1.53. The summed E-state index contributed by atoms with van der Waals surface area (Å²) in [5, 5.41) is 13.7. The molecule has 6 nitrogen and oxygen atoms in total. The van der Waals surface area contributed by atoms with E-state index < -0.39 is 0 Å². The monoisotopic (exact) mass is 399 g/mol. The fraction of sp³-hybridized carbons (Fsp3) is 0.105. The van der Waals surface area contributed by atoms with Gasteiger partial charge < -0.3 is 10.1 Å². The second-order valence-electron chi connectivity index (χ2n) is 5.86. The van der Waals surface area contributed by atoms with Gasteiger partial charge in [-0.25, -0.2) is 4.68 Å². The molecule has 0 fully saturated rings. The van der Waals surface area contributed by atoms with Gasteiger partial charge in [-0.3, -0.25) is 4.98 Å². The number of methoxy groups -OCH3 is 1. The van der Waals surface area contributed by atoms with Gasteiger partial charge in [-0.1, -0.05) is 34.5 Å². The predicted molar refractivity (Wildman–Crippen MR) is 107 cm³/mol. The molecule has 0 unspecified atom stereocenters.